The average molecular weight is 233 g/mol. The minimum Gasteiger partial charge on any atom is -0.458 e. The highest BCUT2D eigenvalue weighted by Crippen LogP contribution is 2.25. The summed E-state index contributed by atoms with van der Waals surface area (Å²) in [5.41, 5.74) is -1.83. The van der Waals surface area contributed by atoms with Crippen LogP contribution < -0.4 is 5.90 Å². The first kappa shape index (κ1) is 15.3. The molecule has 5 nitrogen and oxygen atoms in total. The van der Waals surface area contributed by atoms with Crippen LogP contribution in [0.25, 0.3) is 0 Å². The molecule has 0 amide bonds. The molecule has 0 rings (SSSR count). The zero-order chi connectivity index (χ0) is 13.0. The first-order chi connectivity index (χ1) is 7.19. The maximum absolute atomic E-state index is 12.0. The highest BCUT2D eigenvalue weighted by Gasteiger charge is 2.46. The molecular weight excluding hydrogens is 210 g/mol. The molecule has 96 valence electrons. The fraction of sp³-hybridized carbons (Fsp3) is 0.909. The normalized spacial score (nSPS) is 16.0. The summed E-state index contributed by atoms with van der Waals surface area (Å²) < 4.78 is 10.3. The van der Waals surface area contributed by atoms with Gasteiger partial charge >= 0.3 is 5.97 Å². The minimum absolute atomic E-state index is 0.0656. The number of nitrogens with two attached hydrogens (primary N) is 1. The lowest BCUT2D eigenvalue weighted by Gasteiger charge is -2.34. The Morgan fingerprint density at radius 2 is 1.81 bits per heavy atom. The van der Waals surface area contributed by atoms with Crippen LogP contribution in [0.2, 0.25) is 0 Å². The van der Waals surface area contributed by atoms with Gasteiger partial charge in [-0.2, -0.15) is 0 Å². The summed E-state index contributed by atoms with van der Waals surface area (Å²) in [6, 6.07) is 0. The second-order valence-corrected chi connectivity index (χ2v) is 5.10. The number of carbonyl (C=O) groups excluding carboxylic acids is 1. The van der Waals surface area contributed by atoms with Crippen molar-refractivity contribution in [2.45, 2.75) is 45.8 Å². The molecule has 0 heterocycles. The molecule has 0 bridgehead atoms. The summed E-state index contributed by atoms with van der Waals surface area (Å²) in [6.07, 6.45) is 0. The van der Waals surface area contributed by atoms with E-state index in [2.05, 4.69) is 0 Å². The van der Waals surface area contributed by atoms with Crippen molar-refractivity contribution >= 4 is 5.97 Å². The first-order valence-electron chi connectivity index (χ1n) is 5.30. The molecule has 0 aromatic rings. The second kappa shape index (κ2) is 5.61. The number of hydrogen-bond acceptors (Lipinski definition) is 5. The Kier molecular flexibility index (Phi) is 5.38. The molecule has 0 aromatic carbocycles. The third kappa shape index (κ3) is 3.73. The molecule has 0 aliphatic heterocycles. The minimum atomic E-state index is -1.25. The molecule has 0 unspecified atom stereocenters. The Hall–Kier alpha value is -0.650. The SMILES string of the molecule is COC[C@@](ON)(C(=O)OC(C)(C)C)C(C)C. The van der Waals surface area contributed by atoms with Gasteiger partial charge in [0, 0.05) is 7.11 Å². The molecule has 0 aliphatic carbocycles. The van der Waals surface area contributed by atoms with Crippen LogP contribution in [0.15, 0.2) is 0 Å². The van der Waals surface area contributed by atoms with Crippen LogP contribution in [-0.2, 0) is 19.1 Å². The molecule has 0 saturated carbocycles. The van der Waals surface area contributed by atoms with E-state index in [1.165, 1.54) is 7.11 Å². The molecule has 0 saturated heterocycles. The van der Waals surface area contributed by atoms with Gasteiger partial charge in [0.05, 0.1) is 6.61 Å². The molecule has 1 atom stereocenters. The van der Waals surface area contributed by atoms with E-state index in [1.807, 2.05) is 13.8 Å². The topological polar surface area (TPSA) is 70.8 Å². The van der Waals surface area contributed by atoms with Crippen molar-refractivity contribution in [2.75, 3.05) is 13.7 Å². The van der Waals surface area contributed by atoms with Gasteiger partial charge in [0.1, 0.15) is 5.60 Å². The van der Waals surface area contributed by atoms with Gasteiger partial charge in [-0.15, -0.1) is 0 Å². The molecular formula is C11H23NO4. The van der Waals surface area contributed by atoms with Gasteiger partial charge in [-0.1, -0.05) is 13.8 Å². The summed E-state index contributed by atoms with van der Waals surface area (Å²) >= 11 is 0. The van der Waals surface area contributed by atoms with Crippen LogP contribution in [0.3, 0.4) is 0 Å². The van der Waals surface area contributed by atoms with E-state index in [0.717, 1.165) is 0 Å². The van der Waals surface area contributed by atoms with E-state index in [1.54, 1.807) is 20.8 Å². The highest BCUT2D eigenvalue weighted by atomic mass is 16.7. The number of methoxy groups -OCH3 is 1. The van der Waals surface area contributed by atoms with Crippen molar-refractivity contribution in [3.8, 4) is 0 Å². The largest absolute Gasteiger partial charge is 0.458 e. The van der Waals surface area contributed by atoms with Gasteiger partial charge in [-0.25, -0.2) is 10.7 Å². The average Bonchev–Trinajstić information content (AvgIpc) is 2.10. The van der Waals surface area contributed by atoms with E-state index in [4.69, 9.17) is 20.2 Å². The summed E-state index contributed by atoms with van der Waals surface area (Å²) in [4.78, 5) is 16.9. The smallest absolute Gasteiger partial charge is 0.343 e. The quantitative estimate of drug-likeness (QED) is 0.572. The van der Waals surface area contributed by atoms with Gasteiger partial charge < -0.3 is 9.47 Å². The zero-order valence-electron chi connectivity index (χ0n) is 11.0. The van der Waals surface area contributed by atoms with Crippen molar-refractivity contribution < 1.29 is 19.1 Å². The van der Waals surface area contributed by atoms with Crippen molar-refractivity contribution in [1.29, 1.82) is 0 Å². The van der Waals surface area contributed by atoms with Crippen LogP contribution in [0.5, 0.6) is 0 Å². The molecule has 0 radical (unpaired) electrons. The Balaban J connectivity index is 4.95. The third-order valence-corrected chi connectivity index (χ3v) is 2.25. The van der Waals surface area contributed by atoms with E-state index >= 15 is 0 Å². The Labute approximate surface area is 97.2 Å². The lowest BCUT2D eigenvalue weighted by molar-refractivity contribution is -0.199. The highest BCUT2D eigenvalue weighted by molar-refractivity contribution is 5.80. The first-order valence-corrected chi connectivity index (χ1v) is 5.30. The number of ether oxygens (including phenoxy) is 2. The van der Waals surface area contributed by atoms with Gasteiger partial charge in [0.2, 0.25) is 5.60 Å². The number of esters is 1. The molecule has 5 heteroatoms. The fourth-order valence-electron chi connectivity index (χ4n) is 1.26. The summed E-state index contributed by atoms with van der Waals surface area (Å²) in [6.45, 7) is 9.10. The van der Waals surface area contributed by atoms with Crippen LogP contribution in [0.4, 0.5) is 0 Å². The van der Waals surface area contributed by atoms with Gasteiger partial charge in [-0.3, -0.25) is 4.84 Å². The van der Waals surface area contributed by atoms with Crippen molar-refractivity contribution in [3.63, 3.8) is 0 Å². The predicted octanol–water partition coefficient (Wildman–Crippen LogP) is 1.26. The zero-order valence-corrected chi connectivity index (χ0v) is 11.0. The van der Waals surface area contributed by atoms with Crippen LogP contribution in [0, 0.1) is 5.92 Å². The molecule has 0 fully saturated rings. The Morgan fingerprint density at radius 3 is 2.06 bits per heavy atom. The van der Waals surface area contributed by atoms with Gasteiger partial charge in [-0.05, 0) is 26.7 Å². The molecule has 16 heavy (non-hydrogen) atoms. The second-order valence-electron chi connectivity index (χ2n) is 5.10. The van der Waals surface area contributed by atoms with Crippen LogP contribution in [0.1, 0.15) is 34.6 Å². The van der Waals surface area contributed by atoms with E-state index < -0.39 is 17.2 Å². The number of hydrogen-bond donors (Lipinski definition) is 1. The summed E-state index contributed by atoms with van der Waals surface area (Å²) in [7, 11) is 1.49. The Morgan fingerprint density at radius 1 is 1.31 bits per heavy atom. The predicted molar refractivity (Wildman–Crippen MR) is 60.6 cm³/mol. The molecule has 0 aromatic heterocycles. The number of carbonyl (C=O) groups is 1. The Bertz CT molecular complexity index is 235. The van der Waals surface area contributed by atoms with Crippen molar-refractivity contribution in [2.24, 2.45) is 11.8 Å². The fourth-order valence-corrected chi connectivity index (χ4v) is 1.26. The molecule has 0 spiro atoms. The summed E-state index contributed by atoms with van der Waals surface area (Å²) in [5, 5.41) is 0. The standard InChI is InChI=1S/C11H23NO4/c1-8(2)11(16-12,7-14-6)9(13)15-10(3,4)5/h8H,7,12H2,1-6H3/t11-/m0/s1. The molecule has 0 aliphatic rings. The number of rotatable bonds is 5. The summed E-state index contributed by atoms with van der Waals surface area (Å²) in [5.74, 6) is 4.59. The lowest BCUT2D eigenvalue weighted by atomic mass is 9.91. The van der Waals surface area contributed by atoms with E-state index in [9.17, 15) is 4.79 Å². The van der Waals surface area contributed by atoms with Crippen molar-refractivity contribution in [1.82, 2.24) is 0 Å². The van der Waals surface area contributed by atoms with Crippen LogP contribution in [-0.4, -0.2) is 30.9 Å². The van der Waals surface area contributed by atoms with Gasteiger partial charge in [0.15, 0.2) is 0 Å². The van der Waals surface area contributed by atoms with Gasteiger partial charge in [0.25, 0.3) is 0 Å². The van der Waals surface area contributed by atoms with Crippen LogP contribution >= 0.6 is 0 Å². The maximum atomic E-state index is 12.0. The maximum Gasteiger partial charge on any atom is 0.343 e. The molecule has 2 N–H and O–H groups in total. The monoisotopic (exact) mass is 233 g/mol. The third-order valence-electron chi connectivity index (χ3n) is 2.25. The van der Waals surface area contributed by atoms with E-state index in [-0.39, 0.29) is 12.5 Å². The van der Waals surface area contributed by atoms with E-state index in [0.29, 0.717) is 0 Å². The lowest BCUT2D eigenvalue weighted by Crippen LogP contribution is -2.54. The van der Waals surface area contributed by atoms with Crippen molar-refractivity contribution in [3.05, 3.63) is 0 Å².